The first-order valence-corrected chi connectivity index (χ1v) is 6.61. The van der Waals surface area contributed by atoms with Gasteiger partial charge in [0.15, 0.2) is 0 Å². The number of carbonyl (C=O) groups is 1. The Balaban J connectivity index is 2.81. The average Bonchev–Trinajstić information content (AvgIpc) is 2.56. The first-order chi connectivity index (χ1) is 8.01. The Morgan fingerprint density at radius 1 is 1.47 bits per heavy atom. The summed E-state index contributed by atoms with van der Waals surface area (Å²) in [6.45, 7) is 6.09. The summed E-state index contributed by atoms with van der Waals surface area (Å²) in [6, 6.07) is 0. The van der Waals surface area contributed by atoms with E-state index in [1.807, 2.05) is 20.9 Å². The molecular formula is C13H21ClN2O. The molecule has 0 radical (unpaired) electrons. The van der Waals surface area contributed by atoms with Crippen molar-refractivity contribution in [1.29, 1.82) is 0 Å². The number of nitrogens with zero attached hydrogens (tertiary/aromatic N) is 2. The van der Waals surface area contributed by atoms with E-state index in [1.54, 1.807) is 4.68 Å². The molecule has 3 nitrogen and oxygen atoms in total. The summed E-state index contributed by atoms with van der Waals surface area (Å²) in [7, 11) is 1.85. The van der Waals surface area contributed by atoms with Crippen LogP contribution >= 0.6 is 11.6 Å². The molecule has 1 aromatic heterocycles. The number of halogens is 1. The highest BCUT2D eigenvalue weighted by molar-refractivity contribution is 6.32. The van der Waals surface area contributed by atoms with Crippen molar-refractivity contribution in [2.45, 2.75) is 46.5 Å². The van der Waals surface area contributed by atoms with Crippen LogP contribution in [0.3, 0.4) is 0 Å². The molecule has 0 bridgehead atoms. The van der Waals surface area contributed by atoms with Gasteiger partial charge in [0.05, 0.1) is 22.8 Å². The first-order valence-electron chi connectivity index (χ1n) is 6.24. The van der Waals surface area contributed by atoms with Gasteiger partial charge in [-0.1, -0.05) is 38.8 Å². The highest BCUT2D eigenvalue weighted by Crippen LogP contribution is 2.22. The molecule has 4 heteroatoms. The van der Waals surface area contributed by atoms with Crippen molar-refractivity contribution in [2.75, 3.05) is 0 Å². The van der Waals surface area contributed by atoms with Gasteiger partial charge in [0.1, 0.15) is 5.78 Å². The van der Waals surface area contributed by atoms with Crippen molar-refractivity contribution >= 4 is 17.4 Å². The van der Waals surface area contributed by atoms with Crippen LogP contribution in [0.2, 0.25) is 5.02 Å². The summed E-state index contributed by atoms with van der Waals surface area (Å²) in [5.74, 6) is 0.357. The molecule has 0 saturated heterocycles. The summed E-state index contributed by atoms with van der Waals surface area (Å²) >= 11 is 6.22. The normalized spacial score (nSPS) is 12.8. The minimum absolute atomic E-state index is 0.107. The van der Waals surface area contributed by atoms with Gasteiger partial charge >= 0.3 is 0 Å². The molecule has 1 unspecified atom stereocenters. The fourth-order valence-corrected chi connectivity index (χ4v) is 2.31. The van der Waals surface area contributed by atoms with Crippen LogP contribution < -0.4 is 0 Å². The maximum atomic E-state index is 12.0. The lowest BCUT2D eigenvalue weighted by molar-refractivity contribution is -0.122. The molecule has 1 atom stereocenters. The number of hydrogen-bond donors (Lipinski definition) is 0. The van der Waals surface area contributed by atoms with Crippen LogP contribution in [0.25, 0.3) is 0 Å². The summed E-state index contributed by atoms with van der Waals surface area (Å²) < 4.78 is 1.73. The van der Waals surface area contributed by atoms with Crippen LogP contribution in [0, 0.1) is 5.92 Å². The third-order valence-corrected chi connectivity index (χ3v) is 3.55. The molecule has 0 aromatic carbocycles. The molecular weight excluding hydrogens is 236 g/mol. The molecule has 0 fully saturated rings. The van der Waals surface area contributed by atoms with Gasteiger partial charge in [-0.3, -0.25) is 9.48 Å². The molecule has 0 spiro atoms. The lowest BCUT2D eigenvalue weighted by Gasteiger charge is -2.09. The average molecular weight is 257 g/mol. The number of aromatic nitrogens is 2. The van der Waals surface area contributed by atoms with E-state index in [0.29, 0.717) is 11.4 Å². The van der Waals surface area contributed by atoms with Gasteiger partial charge in [0, 0.05) is 13.0 Å². The van der Waals surface area contributed by atoms with E-state index in [9.17, 15) is 4.79 Å². The Morgan fingerprint density at radius 2 is 2.12 bits per heavy atom. The van der Waals surface area contributed by atoms with Gasteiger partial charge in [0.2, 0.25) is 0 Å². The molecule has 17 heavy (non-hydrogen) atoms. The van der Waals surface area contributed by atoms with Gasteiger partial charge in [-0.05, 0) is 12.8 Å². The summed E-state index contributed by atoms with van der Waals surface area (Å²) in [6.07, 6.45) is 3.16. The maximum Gasteiger partial charge on any atom is 0.141 e. The molecule has 0 N–H and O–H groups in total. The summed E-state index contributed by atoms with van der Waals surface area (Å²) in [5.41, 5.74) is 1.72. The number of rotatable bonds is 6. The zero-order valence-corrected chi connectivity index (χ0v) is 11.8. The predicted molar refractivity (Wildman–Crippen MR) is 70.4 cm³/mol. The van der Waals surface area contributed by atoms with E-state index in [-0.39, 0.29) is 11.7 Å². The van der Waals surface area contributed by atoms with Gasteiger partial charge in [0.25, 0.3) is 0 Å². The monoisotopic (exact) mass is 256 g/mol. The van der Waals surface area contributed by atoms with Crippen LogP contribution in [0.5, 0.6) is 0 Å². The second-order valence-electron chi connectivity index (χ2n) is 4.52. The number of aryl methyl sites for hydroxylation is 2. The fraction of sp³-hybridized carbons (Fsp3) is 0.692. The second kappa shape index (κ2) is 6.20. The lowest BCUT2D eigenvalue weighted by atomic mass is 9.97. The van der Waals surface area contributed by atoms with Gasteiger partial charge in [-0.2, -0.15) is 5.10 Å². The van der Waals surface area contributed by atoms with Crippen LogP contribution in [-0.4, -0.2) is 15.6 Å². The standard InChI is InChI=1S/C13H21ClN2O/c1-5-7-9(3)12(17)8-11-13(14)10(6-2)15-16(11)4/h9H,5-8H2,1-4H3. The van der Waals surface area contributed by atoms with Gasteiger partial charge in [-0.15, -0.1) is 0 Å². The zero-order valence-electron chi connectivity index (χ0n) is 11.1. The van der Waals surface area contributed by atoms with Crippen LogP contribution in [0.4, 0.5) is 0 Å². The van der Waals surface area contributed by atoms with Crippen molar-refractivity contribution in [3.63, 3.8) is 0 Å². The Labute approximate surface area is 108 Å². The van der Waals surface area contributed by atoms with E-state index < -0.39 is 0 Å². The smallest absolute Gasteiger partial charge is 0.141 e. The quantitative estimate of drug-likeness (QED) is 0.784. The van der Waals surface area contributed by atoms with Gasteiger partial charge < -0.3 is 0 Å². The van der Waals surface area contributed by atoms with E-state index in [2.05, 4.69) is 12.0 Å². The molecule has 0 amide bonds. The predicted octanol–water partition coefficient (Wildman–Crippen LogP) is 3.18. The molecule has 0 saturated carbocycles. The second-order valence-corrected chi connectivity index (χ2v) is 4.90. The fourth-order valence-electron chi connectivity index (χ4n) is 1.95. The Morgan fingerprint density at radius 3 is 2.59 bits per heavy atom. The Hall–Kier alpha value is -0.830. The number of ketones is 1. The van der Waals surface area contributed by atoms with Crippen LogP contribution in [-0.2, 0) is 24.7 Å². The Kier molecular flexibility index (Phi) is 5.19. The van der Waals surface area contributed by atoms with E-state index in [0.717, 1.165) is 30.7 Å². The topological polar surface area (TPSA) is 34.9 Å². The molecule has 96 valence electrons. The largest absolute Gasteiger partial charge is 0.299 e. The third-order valence-electron chi connectivity index (χ3n) is 3.12. The molecule has 0 aliphatic rings. The van der Waals surface area contributed by atoms with Crippen LogP contribution in [0.1, 0.15) is 45.0 Å². The summed E-state index contributed by atoms with van der Waals surface area (Å²) in [4.78, 5) is 12.0. The zero-order chi connectivity index (χ0) is 13.0. The SMILES string of the molecule is CCCC(C)C(=O)Cc1c(Cl)c(CC)nn1C. The highest BCUT2D eigenvalue weighted by atomic mass is 35.5. The van der Waals surface area contributed by atoms with Crippen molar-refractivity contribution in [2.24, 2.45) is 13.0 Å². The first kappa shape index (κ1) is 14.2. The van der Waals surface area contributed by atoms with E-state index in [4.69, 9.17) is 11.6 Å². The highest BCUT2D eigenvalue weighted by Gasteiger charge is 2.19. The number of hydrogen-bond acceptors (Lipinski definition) is 2. The minimum atomic E-state index is 0.107. The van der Waals surface area contributed by atoms with Crippen molar-refractivity contribution in [3.8, 4) is 0 Å². The molecule has 0 aliphatic carbocycles. The van der Waals surface area contributed by atoms with Crippen molar-refractivity contribution in [3.05, 3.63) is 16.4 Å². The van der Waals surface area contributed by atoms with E-state index >= 15 is 0 Å². The van der Waals surface area contributed by atoms with Crippen LogP contribution in [0.15, 0.2) is 0 Å². The summed E-state index contributed by atoms with van der Waals surface area (Å²) in [5, 5.41) is 4.98. The van der Waals surface area contributed by atoms with E-state index in [1.165, 1.54) is 0 Å². The maximum absolute atomic E-state index is 12.0. The van der Waals surface area contributed by atoms with Crippen molar-refractivity contribution in [1.82, 2.24) is 9.78 Å². The molecule has 0 aliphatic heterocycles. The van der Waals surface area contributed by atoms with Crippen molar-refractivity contribution < 1.29 is 4.79 Å². The number of Topliss-reactive ketones (excluding diaryl/α,β-unsaturated/α-hetero) is 1. The van der Waals surface area contributed by atoms with Gasteiger partial charge in [-0.25, -0.2) is 0 Å². The molecule has 1 rings (SSSR count). The Bertz CT molecular complexity index is 398. The minimum Gasteiger partial charge on any atom is -0.299 e. The molecule has 1 aromatic rings. The lowest BCUT2D eigenvalue weighted by Crippen LogP contribution is -2.15. The molecule has 1 heterocycles. The third kappa shape index (κ3) is 3.32. The number of carbonyl (C=O) groups excluding carboxylic acids is 1.